The smallest absolute Gasteiger partial charge is 0.123 e. The SMILES string of the molecule is CCC(NC(C)c1occc1C)C(C)C. The molecule has 0 bridgehead atoms. The third-order valence-corrected chi connectivity index (χ3v) is 3.00. The van der Waals surface area contributed by atoms with Crippen molar-refractivity contribution in [3.63, 3.8) is 0 Å². The molecule has 2 atom stereocenters. The minimum atomic E-state index is 0.298. The van der Waals surface area contributed by atoms with Crippen molar-refractivity contribution < 1.29 is 4.42 Å². The van der Waals surface area contributed by atoms with E-state index in [2.05, 4.69) is 39.9 Å². The highest BCUT2D eigenvalue weighted by atomic mass is 16.3. The molecule has 1 aromatic heterocycles. The lowest BCUT2D eigenvalue weighted by Crippen LogP contribution is -2.35. The Morgan fingerprint density at radius 1 is 1.33 bits per heavy atom. The first kappa shape index (κ1) is 12.3. The number of aryl methyl sites for hydroxylation is 1. The van der Waals surface area contributed by atoms with E-state index in [-0.39, 0.29) is 0 Å². The van der Waals surface area contributed by atoms with E-state index in [1.807, 2.05) is 6.07 Å². The summed E-state index contributed by atoms with van der Waals surface area (Å²) in [5, 5.41) is 3.62. The summed E-state index contributed by atoms with van der Waals surface area (Å²) in [5.41, 5.74) is 1.23. The van der Waals surface area contributed by atoms with Crippen LogP contribution >= 0.6 is 0 Å². The normalized spacial score (nSPS) is 15.6. The van der Waals surface area contributed by atoms with Crippen molar-refractivity contribution in [2.75, 3.05) is 0 Å². The first-order valence-corrected chi connectivity index (χ1v) is 5.86. The number of rotatable bonds is 5. The molecule has 2 heteroatoms. The summed E-state index contributed by atoms with van der Waals surface area (Å²) in [4.78, 5) is 0. The van der Waals surface area contributed by atoms with Gasteiger partial charge in [-0.1, -0.05) is 20.8 Å². The zero-order valence-electron chi connectivity index (χ0n) is 10.5. The molecule has 0 fully saturated rings. The fourth-order valence-corrected chi connectivity index (χ4v) is 2.01. The van der Waals surface area contributed by atoms with Crippen molar-refractivity contribution in [3.05, 3.63) is 23.7 Å². The molecular weight excluding hydrogens is 186 g/mol. The molecule has 1 heterocycles. The summed E-state index contributed by atoms with van der Waals surface area (Å²) in [6.07, 6.45) is 2.92. The fourth-order valence-electron chi connectivity index (χ4n) is 2.01. The van der Waals surface area contributed by atoms with Gasteiger partial charge >= 0.3 is 0 Å². The van der Waals surface area contributed by atoms with Crippen LogP contribution in [0, 0.1) is 12.8 Å². The Bertz CT molecular complexity index is 290. The van der Waals surface area contributed by atoms with Crippen LogP contribution in [0.2, 0.25) is 0 Å². The lowest BCUT2D eigenvalue weighted by Gasteiger charge is -2.24. The van der Waals surface area contributed by atoms with E-state index in [0.717, 1.165) is 12.2 Å². The third kappa shape index (κ3) is 3.10. The summed E-state index contributed by atoms with van der Waals surface area (Å²) in [5.74, 6) is 1.72. The number of hydrogen-bond acceptors (Lipinski definition) is 2. The molecule has 86 valence electrons. The molecule has 0 aliphatic rings. The van der Waals surface area contributed by atoms with E-state index in [9.17, 15) is 0 Å². The number of nitrogens with one attached hydrogen (secondary N) is 1. The van der Waals surface area contributed by atoms with Crippen LogP contribution in [0.5, 0.6) is 0 Å². The van der Waals surface area contributed by atoms with Gasteiger partial charge in [0, 0.05) is 6.04 Å². The standard InChI is InChI=1S/C13H23NO/c1-6-12(9(2)3)14-11(5)13-10(4)7-8-15-13/h7-9,11-12,14H,6H2,1-5H3. The Morgan fingerprint density at radius 3 is 2.40 bits per heavy atom. The lowest BCUT2D eigenvalue weighted by atomic mass is 10.00. The average Bonchev–Trinajstić information content (AvgIpc) is 2.60. The van der Waals surface area contributed by atoms with Crippen molar-refractivity contribution in [3.8, 4) is 0 Å². The topological polar surface area (TPSA) is 25.2 Å². The van der Waals surface area contributed by atoms with E-state index in [0.29, 0.717) is 18.0 Å². The quantitative estimate of drug-likeness (QED) is 0.800. The molecule has 1 N–H and O–H groups in total. The molecule has 0 spiro atoms. The summed E-state index contributed by atoms with van der Waals surface area (Å²) in [6, 6.07) is 2.88. The molecule has 1 rings (SSSR count). The Morgan fingerprint density at radius 2 is 2.00 bits per heavy atom. The summed E-state index contributed by atoms with van der Waals surface area (Å²) in [7, 11) is 0. The van der Waals surface area contributed by atoms with Crippen molar-refractivity contribution in [1.29, 1.82) is 0 Å². The maximum absolute atomic E-state index is 5.49. The maximum atomic E-state index is 5.49. The van der Waals surface area contributed by atoms with Crippen molar-refractivity contribution in [2.24, 2.45) is 5.92 Å². The Labute approximate surface area is 93.1 Å². The third-order valence-electron chi connectivity index (χ3n) is 3.00. The van der Waals surface area contributed by atoms with Gasteiger partial charge < -0.3 is 9.73 Å². The maximum Gasteiger partial charge on any atom is 0.123 e. The minimum Gasteiger partial charge on any atom is -0.467 e. The van der Waals surface area contributed by atoms with E-state index >= 15 is 0 Å². The molecule has 2 nitrogen and oxygen atoms in total. The van der Waals surface area contributed by atoms with Gasteiger partial charge in [-0.15, -0.1) is 0 Å². The highest BCUT2D eigenvalue weighted by Gasteiger charge is 2.17. The van der Waals surface area contributed by atoms with Gasteiger partial charge in [-0.2, -0.15) is 0 Å². The number of hydrogen-bond donors (Lipinski definition) is 1. The highest BCUT2D eigenvalue weighted by Crippen LogP contribution is 2.20. The van der Waals surface area contributed by atoms with Gasteiger partial charge in [0.05, 0.1) is 12.3 Å². The molecule has 0 aliphatic carbocycles. The number of furan rings is 1. The monoisotopic (exact) mass is 209 g/mol. The zero-order valence-corrected chi connectivity index (χ0v) is 10.5. The molecule has 1 aromatic rings. The average molecular weight is 209 g/mol. The van der Waals surface area contributed by atoms with E-state index in [4.69, 9.17) is 4.42 Å². The Balaban J connectivity index is 2.62. The Hall–Kier alpha value is -0.760. The molecular formula is C13H23NO. The van der Waals surface area contributed by atoms with Crippen molar-refractivity contribution >= 4 is 0 Å². The first-order valence-electron chi connectivity index (χ1n) is 5.86. The molecule has 0 saturated carbocycles. The molecule has 0 aromatic carbocycles. The largest absolute Gasteiger partial charge is 0.467 e. The van der Waals surface area contributed by atoms with E-state index in [1.54, 1.807) is 6.26 Å². The molecule has 0 radical (unpaired) electrons. The van der Waals surface area contributed by atoms with Crippen LogP contribution in [-0.2, 0) is 0 Å². The predicted molar refractivity (Wildman–Crippen MR) is 63.9 cm³/mol. The van der Waals surface area contributed by atoms with Gasteiger partial charge in [-0.05, 0) is 37.8 Å². The van der Waals surface area contributed by atoms with Crippen LogP contribution < -0.4 is 5.32 Å². The zero-order chi connectivity index (χ0) is 11.4. The van der Waals surface area contributed by atoms with Gasteiger partial charge in [-0.3, -0.25) is 0 Å². The molecule has 2 unspecified atom stereocenters. The van der Waals surface area contributed by atoms with Gasteiger partial charge in [-0.25, -0.2) is 0 Å². The van der Waals surface area contributed by atoms with Crippen LogP contribution in [0.15, 0.2) is 16.7 Å². The highest BCUT2D eigenvalue weighted by molar-refractivity contribution is 5.17. The second-order valence-electron chi connectivity index (χ2n) is 4.61. The van der Waals surface area contributed by atoms with Crippen LogP contribution in [0.25, 0.3) is 0 Å². The molecule has 0 aliphatic heterocycles. The van der Waals surface area contributed by atoms with Crippen LogP contribution in [0.4, 0.5) is 0 Å². The van der Waals surface area contributed by atoms with Crippen molar-refractivity contribution in [2.45, 2.75) is 53.1 Å². The van der Waals surface area contributed by atoms with Crippen LogP contribution in [-0.4, -0.2) is 6.04 Å². The van der Waals surface area contributed by atoms with Crippen LogP contribution in [0.1, 0.15) is 51.5 Å². The van der Waals surface area contributed by atoms with Gasteiger partial charge in [0.2, 0.25) is 0 Å². The lowest BCUT2D eigenvalue weighted by molar-refractivity contribution is 0.326. The second-order valence-corrected chi connectivity index (χ2v) is 4.61. The van der Waals surface area contributed by atoms with E-state index in [1.165, 1.54) is 5.56 Å². The van der Waals surface area contributed by atoms with Crippen molar-refractivity contribution in [1.82, 2.24) is 5.32 Å². The van der Waals surface area contributed by atoms with Gasteiger partial charge in [0.1, 0.15) is 5.76 Å². The summed E-state index contributed by atoms with van der Waals surface area (Å²) < 4.78 is 5.49. The van der Waals surface area contributed by atoms with Gasteiger partial charge in [0.15, 0.2) is 0 Å². The first-order chi connectivity index (χ1) is 7.06. The summed E-state index contributed by atoms with van der Waals surface area (Å²) >= 11 is 0. The van der Waals surface area contributed by atoms with E-state index < -0.39 is 0 Å². The Kier molecular flexibility index (Phi) is 4.40. The van der Waals surface area contributed by atoms with Crippen LogP contribution in [0.3, 0.4) is 0 Å². The molecule has 0 amide bonds. The second kappa shape index (κ2) is 5.36. The molecule has 0 saturated heterocycles. The summed E-state index contributed by atoms with van der Waals surface area (Å²) in [6.45, 7) is 11.0. The fraction of sp³-hybridized carbons (Fsp3) is 0.692. The molecule has 15 heavy (non-hydrogen) atoms. The predicted octanol–water partition coefficient (Wildman–Crippen LogP) is 3.67. The minimum absolute atomic E-state index is 0.298. The van der Waals surface area contributed by atoms with Gasteiger partial charge in [0.25, 0.3) is 0 Å².